The van der Waals surface area contributed by atoms with Crippen molar-refractivity contribution in [3.8, 4) is 0 Å². The van der Waals surface area contributed by atoms with Gasteiger partial charge >= 0.3 is 0 Å². The van der Waals surface area contributed by atoms with Gasteiger partial charge in [0.15, 0.2) is 5.96 Å². The summed E-state index contributed by atoms with van der Waals surface area (Å²) in [6, 6.07) is 4.06. The molecular formula is C19H27ClIN5OS. The number of rotatable bonds is 5. The Hall–Kier alpha value is -1.26. The van der Waals surface area contributed by atoms with Crippen molar-refractivity contribution in [1.29, 1.82) is 0 Å². The Morgan fingerprint density at radius 2 is 2.25 bits per heavy atom. The van der Waals surface area contributed by atoms with Crippen molar-refractivity contribution in [3.05, 3.63) is 44.9 Å². The van der Waals surface area contributed by atoms with E-state index in [0.29, 0.717) is 13.1 Å². The van der Waals surface area contributed by atoms with E-state index in [-0.39, 0.29) is 36.4 Å². The monoisotopic (exact) mass is 535 g/mol. The highest BCUT2D eigenvalue weighted by Gasteiger charge is 2.21. The molecule has 0 aromatic carbocycles. The quantitative estimate of drug-likeness (QED) is 0.363. The standard InChI is InChI=1S/C19H26ClN5OS.HI/c1-4-21-19(24(3)13-16-9-15(20)12-23(16)2)22-10-18(26)25-7-5-17-14(11-25)6-8-27-17;/h6,8-9,12H,4-5,7,10-11,13H2,1-3H3,(H,21,22);1H. The Balaban J connectivity index is 0.00000280. The number of nitrogens with zero attached hydrogens (tertiary/aromatic N) is 4. The highest BCUT2D eigenvalue weighted by Crippen LogP contribution is 2.24. The lowest BCUT2D eigenvalue weighted by atomic mass is 10.1. The molecule has 2 aromatic rings. The van der Waals surface area contributed by atoms with Crippen LogP contribution in [0.2, 0.25) is 5.02 Å². The van der Waals surface area contributed by atoms with Crippen molar-refractivity contribution in [2.45, 2.75) is 26.4 Å². The number of aromatic nitrogens is 1. The summed E-state index contributed by atoms with van der Waals surface area (Å²) in [4.78, 5) is 22.5. The number of aryl methyl sites for hydroxylation is 1. The molecule has 0 fully saturated rings. The van der Waals surface area contributed by atoms with Crippen LogP contribution < -0.4 is 5.32 Å². The molecule has 6 nitrogen and oxygen atoms in total. The predicted molar refractivity (Wildman–Crippen MR) is 127 cm³/mol. The Bertz CT molecular complexity index is 834. The van der Waals surface area contributed by atoms with Gasteiger partial charge < -0.3 is 19.7 Å². The zero-order valence-electron chi connectivity index (χ0n) is 16.4. The predicted octanol–water partition coefficient (Wildman–Crippen LogP) is 3.34. The maximum atomic E-state index is 12.6. The van der Waals surface area contributed by atoms with Gasteiger partial charge in [-0.25, -0.2) is 4.99 Å². The summed E-state index contributed by atoms with van der Waals surface area (Å²) in [5.74, 6) is 0.786. The van der Waals surface area contributed by atoms with Crippen molar-refractivity contribution < 1.29 is 4.79 Å². The van der Waals surface area contributed by atoms with Crippen molar-refractivity contribution in [1.82, 2.24) is 19.7 Å². The SMILES string of the molecule is CCNC(=NCC(=O)N1CCc2sccc2C1)N(C)Cc1cc(Cl)cn1C.I. The summed E-state index contributed by atoms with van der Waals surface area (Å²) >= 11 is 7.85. The molecule has 0 unspecified atom stereocenters. The molecule has 28 heavy (non-hydrogen) atoms. The number of carbonyl (C=O) groups excluding carboxylic acids is 1. The van der Waals surface area contributed by atoms with Crippen molar-refractivity contribution in [2.24, 2.45) is 12.0 Å². The second-order valence-electron chi connectivity index (χ2n) is 6.72. The number of thiophene rings is 1. The maximum Gasteiger partial charge on any atom is 0.244 e. The fraction of sp³-hybridized carbons (Fsp3) is 0.474. The van der Waals surface area contributed by atoms with Crippen LogP contribution >= 0.6 is 46.9 Å². The molecule has 1 aliphatic rings. The Morgan fingerprint density at radius 1 is 1.46 bits per heavy atom. The molecule has 0 spiro atoms. The highest BCUT2D eigenvalue weighted by molar-refractivity contribution is 14.0. The first kappa shape index (κ1) is 23.0. The molecule has 1 N–H and O–H groups in total. The summed E-state index contributed by atoms with van der Waals surface area (Å²) in [6.45, 7) is 5.04. The minimum Gasteiger partial charge on any atom is -0.357 e. The molecule has 1 amide bonds. The second kappa shape index (κ2) is 10.5. The molecule has 154 valence electrons. The van der Waals surface area contributed by atoms with Crippen LogP contribution in [0.3, 0.4) is 0 Å². The third kappa shape index (κ3) is 5.64. The topological polar surface area (TPSA) is 52.9 Å². The van der Waals surface area contributed by atoms with Gasteiger partial charge in [0.2, 0.25) is 5.91 Å². The molecule has 0 saturated heterocycles. The van der Waals surface area contributed by atoms with Crippen LogP contribution in [0.1, 0.15) is 23.1 Å². The van der Waals surface area contributed by atoms with Gasteiger partial charge in [0.25, 0.3) is 0 Å². The van der Waals surface area contributed by atoms with Crippen molar-refractivity contribution in [2.75, 3.05) is 26.7 Å². The largest absolute Gasteiger partial charge is 0.357 e. The van der Waals surface area contributed by atoms with Gasteiger partial charge in [-0.15, -0.1) is 35.3 Å². The first-order valence-electron chi connectivity index (χ1n) is 9.11. The van der Waals surface area contributed by atoms with Gasteiger partial charge in [0, 0.05) is 50.5 Å². The van der Waals surface area contributed by atoms with Crippen LogP contribution in [0.25, 0.3) is 0 Å². The molecule has 3 heterocycles. The molecule has 0 radical (unpaired) electrons. The van der Waals surface area contributed by atoms with Crippen LogP contribution in [-0.4, -0.2) is 52.9 Å². The molecule has 0 atom stereocenters. The second-order valence-corrected chi connectivity index (χ2v) is 8.16. The van der Waals surface area contributed by atoms with Crippen molar-refractivity contribution >= 4 is 58.8 Å². The van der Waals surface area contributed by atoms with Gasteiger partial charge in [-0.2, -0.15) is 0 Å². The summed E-state index contributed by atoms with van der Waals surface area (Å²) in [6.07, 6.45) is 2.82. The fourth-order valence-electron chi connectivity index (χ4n) is 3.21. The van der Waals surface area contributed by atoms with Gasteiger partial charge in [-0.1, -0.05) is 11.6 Å². The number of hydrogen-bond acceptors (Lipinski definition) is 3. The van der Waals surface area contributed by atoms with E-state index in [2.05, 4.69) is 21.8 Å². The van der Waals surface area contributed by atoms with E-state index in [1.807, 2.05) is 47.6 Å². The van der Waals surface area contributed by atoms with E-state index in [1.165, 1.54) is 10.4 Å². The third-order valence-corrected chi connectivity index (χ3v) is 5.92. The molecule has 9 heteroatoms. The lowest BCUT2D eigenvalue weighted by Crippen LogP contribution is -2.41. The normalized spacial score (nSPS) is 13.7. The third-order valence-electron chi connectivity index (χ3n) is 4.69. The Morgan fingerprint density at radius 3 is 2.93 bits per heavy atom. The lowest BCUT2D eigenvalue weighted by molar-refractivity contribution is -0.130. The smallest absolute Gasteiger partial charge is 0.244 e. The number of aliphatic imine (C=N–C) groups is 1. The van der Waals surface area contributed by atoms with Gasteiger partial charge in [-0.3, -0.25) is 4.79 Å². The zero-order valence-corrected chi connectivity index (χ0v) is 20.3. The zero-order chi connectivity index (χ0) is 19.4. The van der Waals surface area contributed by atoms with Gasteiger partial charge in [0.05, 0.1) is 11.6 Å². The maximum absolute atomic E-state index is 12.6. The number of nitrogens with one attached hydrogen (secondary N) is 1. The minimum absolute atomic E-state index is 0. The van der Waals surface area contributed by atoms with E-state index < -0.39 is 0 Å². The average Bonchev–Trinajstić information content (AvgIpc) is 3.23. The van der Waals surface area contributed by atoms with E-state index >= 15 is 0 Å². The van der Waals surface area contributed by atoms with E-state index in [1.54, 1.807) is 11.3 Å². The van der Waals surface area contributed by atoms with Crippen LogP contribution in [0, 0.1) is 0 Å². The average molecular weight is 536 g/mol. The van der Waals surface area contributed by atoms with Crippen LogP contribution in [-0.2, 0) is 31.4 Å². The number of fused-ring (bicyclic) bond motifs is 1. The highest BCUT2D eigenvalue weighted by atomic mass is 127. The molecule has 2 aromatic heterocycles. The summed E-state index contributed by atoms with van der Waals surface area (Å²) in [7, 11) is 3.93. The van der Waals surface area contributed by atoms with Gasteiger partial charge in [0.1, 0.15) is 6.54 Å². The molecule has 3 rings (SSSR count). The minimum atomic E-state index is 0. The molecule has 0 bridgehead atoms. The van der Waals surface area contributed by atoms with E-state index in [4.69, 9.17) is 11.6 Å². The van der Waals surface area contributed by atoms with Gasteiger partial charge in [-0.05, 0) is 36.4 Å². The van der Waals surface area contributed by atoms with Crippen LogP contribution in [0.5, 0.6) is 0 Å². The first-order valence-corrected chi connectivity index (χ1v) is 10.4. The summed E-state index contributed by atoms with van der Waals surface area (Å²) in [5, 5.41) is 6.08. The van der Waals surface area contributed by atoms with Crippen LogP contribution in [0.15, 0.2) is 28.7 Å². The number of hydrogen-bond donors (Lipinski definition) is 1. The molecule has 0 saturated carbocycles. The molecule has 0 aliphatic carbocycles. The van der Waals surface area contributed by atoms with Crippen molar-refractivity contribution in [3.63, 3.8) is 0 Å². The van der Waals surface area contributed by atoms with E-state index in [0.717, 1.165) is 36.2 Å². The Labute approximate surface area is 192 Å². The van der Waals surface area contributed by atoms with Crippen LogP contribution in [0.4, 0.5) is 0 Å². The number of carbonyl (C=O) groups is 1. The first-order chi connectivity index (χ1) is 13.0. The Kier molecular flexibility index (Phi) is 8.63. The fourth-order valence-corrected chi connectivity index (χ4v) is 4.38. The summed E-state index contributed by atoms with van der Waals surface area (Å²) in [5.41, 5.74) is 2.36. The number of amides is 1. The molecule has 1 aliphatic heterocycles. The summed E-state index contributed by atoms with van der Waals surface area (Å²) < 4.78 is 2.00. The number of halogens is 2. The number of guanidine groups is 1. The van der Waals surface area contributed by atoms with E-state index in [9.17, 15) is 4.79 Å². The lowest BCUT2D eigenvalue weighted by Gasteiger charge is -2.27. The molecular weight excluding hydrogens is 509 g/mol.